The molecule has 1 aliphatic carbocycles. The van der Waals surface area contributed by atoms with Crippen LogP contribution in [0.3, 0.4) is 0 Å². The monoisotopic (exact) mass is 278 g/mol. The predicted octanol–water partition coefficient (Wildman–Crippen LogP) is 1.59. The largest absolute Gasteiger partial charge is 0.493 e. The van der Waals surface area contributed by atoms with Gasteiger partial charge in [0.1, 0.15) is 0 Å². The van der Waals surface area contributed by atoms with Crippen molar-refractivity contribution in [1.29, 1.82) is 0 Å². The van der Waals surface area contributed by atoms with Crippen molar-refractivity contribution in [3.8, 4) is 11.5 Å². The molecule has 0 spiro atoms. The van der Waals surface area contributed by atoms with Crippen LogP contribution in [-0.4, -0.2) is 25.2 Å². The number of primary amides is 1. The van der Waals surface area contributed by atoms with Gasteiger partial charge in [-0.1, -0.05) is 13.0 Å². The SMILES string of the molecule is CCC(Oc1ccc(CNC2CC2)cc1OC)C(N)=O. The van der Waals surface area contributed by atoms with E-state index in [0.29, 0.717) is 24.0 Å². The summed E-state index contributed by atoms with van der Waals surface area (Å²) in [4.78, 5) is 11.2. The molecule has 0 bridgehead atoms. The normalized spacial score (nSPS) is 15.7. The highest BCUT2D eigenvalue weighted by Gasteiger charge is 2.21. The molecule has 3 N–H and O–H groups in total. The molecule has 0 saturated heterocycles. The average molecular weight is 278 g/mol. The zero-order valence-corrected chi connectivity index (χ0v) is 12.0. The predicted molar refractivity (Wildman–Crippen MR) is 76.8 cm³/mol. The molecule has 5 nitrogen and oxygen atoms in total. The summed E-state index contributed by atoms with van der Waals surface area (Å²) >= 11 is 0. The van der Waals surface area contributed by atoms with E-state index in [1.807, 2.05) is 25.1 Å². The van der Waals surface area contributed by atoms with Gasteiger partial charge in [-0.2, -0.15) is 0 Å². The number of carbonyl (C=O) groups excluding carboxylic acids is 1. The molecule has 0 heterocycles. The second kappa shape index (κ2) is 6.61. The lowest BCUT2D eigenvalue weighted by atomic mass is 10.2. The summed E-state index contributed by atoms with van der Waals surface area (Å²) < 4.78 is 10.9. The summed E-state index contributed by atoms with van der Waals surface area (Å²) in [6.07, 6.45) is 2.42. The van der Waals surface area contributed by atoms with Crippen LogP contribution in [0.2, 0.25) is 0 Å². The fraction of sp³-hybridized carbons (Fsp3) is 0.533. The fourth-order valence-corrected chi connectivity index (χ4v) is 1.96. The van der Waals surface area contributed by atoms with Crippen LogP contribution in [0, 0.1) is 0 Å². The molecule has 1 fully saturated rings. The first-order valence-corrected chi connectivity index (χ1v) is 7.00. The molecule has 1 saturated carbocycles. The number of hydrogen-bond acceptors (Lipinski definition) is 4. The molecular weight excluding hydrogens is 256 g/mol. The lowest BCUT2D eigenvalue weighted by Crippen LogP contribution is -2.33. The van der Waals surface area contributed by atoms with Crippen LogP contribution in [0.5, 0.6) is 11.5 Å². The van der Waals surface area contributed by atoms with Crippen LogP contribution in [0.4, 0.5) is 0 Å². The Balaban J connectivity index is 2.05. The van der Waals surface area contributed by atoms with Crippen molar-refractivity contribution < 1.29 is 14.3 Å². The third-order valence-corrected chi connectivity index (χ3v) is 3.36. The highest BCUT2D eigenvalue weighted by Crippen LogP contribution is 2.30. The molecule has 20 heavy (non-hydrogen) atoms. The molecule has 1 aromatic carbocycles. The van der Waals surface area contributed by atoms with E-state index in [2.05, 4.69) is 5.32 Å². The number of nitrogens with two attached hydrogens (primary N) is 1. The molecule has 5 heteroatoms. The van der Waals surface area contributed by atoms with Crippen molar-refractivity contribution in [2.45, 2.75) is 44.9 Å². The van der Waals surface area contributed by atoms with Gasteiger partial charge in [0.25, 0.3) is 5.91 Å². The molecule has 0 aromatic heterocycles. The van der Waals surface area contributed by atoms with Crippen LogP contribution >= 0.6 is 0 Å². The minimum absolute atomic E-state index is 0.464. The Morgan fingerprint density at radius 1 is 1.45 bits per heavy atom. The van der Waals surface area contributed by atoms with E-state index in [9.17, 15) is 4.79 Å². The molecule has 1 aliphatic rings. The smallest absolute Gasteiger partial charge is 0.258 e. The van der Waals surface area contributed by atoms with Crippen LogP contribution in [0.1, 0.15) is 31.7 Å². The molecule has 110 valence electrons. The number of amides is 1. The van der Waals surface area contributed by atoms with Crippen molar-refractivity contribution in [2.24, 2.45) is 5.73 Å². The van der Waals surface area contributed by atoms with Gasteiger partial charge in [0, 0.05) is 12.6 Å². The summed E-state index contributed by atoms with van der Waals surface area (Å²) in [7, 11) is 1.59. The molecule has 1 amide bonds. The van der Waals surface area contributed by atoms with Crippen molar-refractivity contribution in [2.75, 3.05) is 7.11 Å². The summed E-state index contributed by atoms with van der Waals surface area (Å²) in [5.41, 5.74) is 6.42. The van der Waals surface area contributed by atoms with E-state index in [1.54, 1.807) is 7.11 Å². The van der Waals surface area contributed by atoms with E-state index in [0.717, 1.165) is 12.1 Å². The number of ether oxygens (including phenoxy) is 2. The zero-order chi connectivity index (χ0) is 14.5. The van der Waals surface area contributed by atoms with E-state index in [1.165, 1.54) is 12.8 Å². The minimum Gasteiger partial charge on any atom is -0.493 e. The van der Waals surface area contributed by atoms with Gasteiger partial charge < -0.3 is 20.5 Å². The van der Waals surface area contributed by atoms with E-state index < -0.39 is 12.0 Å². The fourth-order valence-electron chi connectivity index (χ4n) is 1.96. The van der Waals surface area contributed by atoms with E-state index in [-0.39, 0.29) is 0 Å². The quantitative estimate of drug-likeness (QED) is 0.757. The Kier molecular flexibility index (Phi) is 4.84. The number of methoxy groups -OCH3 is 1. The molecular formula is C15H22N2O3. The number of rotatable bonds is 8. The first-order chi connectivity index (χ1) is 9.63. The maximum atomic E-state index is 11.2. The van der Waals surface area contributed by atoms with Crippen LogP contribution in [0.25, 0.3) is 0 Å². The van der Waals surface area contributed by atoms with Crippen LogP contribution < -0.4 is 20.5 Å². The Morgan fingerprint density at radius 3 is 2.75 bits per heavy atom. The van der Waals surface area contributed by atoms with E-state index >= 15 is 0 Å². The van der Waals surface area contributed by atoms with Crippen molar-refractivity contribution in [3.05, 3.63) is 23.8 Å². The lowest BCUT2D eigenvalue weighted by Gasteiger charge is -2.17. The first kappa shape index (κ1) is 14.7. The second-order valence-corrected chi connectivity index (χ2v) is 5.06. The van der Waals surface area contributed by atoms with Crippen molar-refractivity contribution >= 4 is 5.91 Å². The van der Waals surface area contributed by atoms with Gasteiger partial charge in [-0.05, 0) is 37.0 Å². The highest BCUT2D eigenvalue weighted by molar-refractivity contribution is 5.79. The maximum Gasteiger partial charge on any atom is 0.258 e. The average Bonchev–Trinajstić information content (AvgIpc) is 3.26. The topological polar surface area (TPSA) is 73.6 Å². The maximum absolute atomic E-state index is 11.2. The minimum atomic E-state index is -0.626. The van der Waals surface area contributed by atoms with Gasteiger partial charge >= 0.3 is 0 Å². The summed E-state index contributed by atoms with van der Waals surface area (Å²) in [6.45, 7) is 2.67. The number of carbonyl (C=O) groups is 1. The first-order valence-electron chi connectivity index (χ1n) is 7.00. The second-order valence-electron chi connectivity index (χ2n) is 5.06. The van der Waals surface area contributed by atoms with Crippen molar-refractivity contribution in [1.82, 2.24) is 5.32 Å². The molecule has 0 radical (unpaired) electrons. The Hall–Kier alpha value is -1.75. The van der Waals surface area contributed by atoms with Gasteiger partial charge in [-0.3, -0.25) is 4.79 Å². The molecule has 2 rings (SSSR count). The molecule has 0 aliphatic heterocycles. The number of benzene rings is 1. The van der Waals surface area contributed by atoms with Gasteiger partial charge in [0.05, 0.1) is 7.11 Å². The standard InChI is InChI=1S/C15H22N2O3/c1-3-12(15(16)18)20-13-7-4-10(8-14(13)19-2)9-17-11-5-6-11/h4,7-8,11-12,17H,3,5-6,9H2,1-2H3,(H2,16,18). The highest BCUT2D eigenvalue weighted by atomic mass is 16.5. The van der Waals surface area contributed by atoms with Crippen LogP contribution in [-0.2, 0) is 11.3 Å². The third kappa shape index (κ3) is 3.87. The lowest BCUT2D eigenvalue weighted by molar-refractivity contribution is -0.124. The van der Waals surface area contributed by atoms with Crippen LogP contribution in [0.15, 0.2) is 18.2 Å². The zero-order valence-electron chi connectivity index (χ0n) is 12.0. The van der Waals surface area contributed by atoms with Gasteiger partial charge in [0.15, 0.2) is 17.6 Å². The van der Waals surface area contributed by atoms with Crippen molar-refractivity contribution in [3.63, 3.8) is 0 Å². The molecule has 1 aromatic rings. The molecule has 1 atom stereocenters. The summed E-state index contributed by atoms with van der Waals surface area (Å²) in [5, 5.41) is 3.44. The van der Waals surface area contributed by atoms with Gasteiger partial charge in [-0.25, -0.2) is 0 Å². The summed E-state index contributed by atoms with van der Waals surface area (Å²) in [6, 6.07) is 6.39. The Morgan fingerprint density at radius 2 is 2.20 bits per heavy atom. The summed E-state index contributed by atoms with van der Waals surface area (Å²) in [5.74, 6) is 0.710. The van der Waals surface area contributed by atoms with Gasteiger partial charge in [0.2, 0.25) is 0 Å². The Bertz CT molecular complexity index is 472. The number of nitrogens with one attached hydrogen (secondary N) is 1. The van der Waals surface area contributed by atoms with Gasteiger partial charge in [-0.15, -0.1) is 0 Å². The number of hydrogen-bond donors (Lipinski definition) is 2. The van der Waals surface area contributed by atoms with E-state index in [4.69, 9.17) is 15.2 Å². The Labute approximate surface area is 119 Å². The molecule has 1 unspecified atom stereocenters. The third-order valence-electron chi connectivity index (χ3n) is 3.36.